The van der Waals surface area contributed by atoms with Crippen molar-refractivity contribution >= 4 is 41.5 Å². The first-order valence-electron chi connectivity index (χ1n) is 8.84. The number of unbranched alkanes of at least 4 members (excludes halogenated alkanes) is 1. The van der Waals surface area contributed by atoms with Gasteiger partial charge >= 0.3 is 0 Å². The van der Waals surface area contributed by atoms with Crippen molar-refractivity contribution in [2.75, 3.05) is 45.9 Å². The molecule has 2 rings (SSSR count). The van der Waals surface area contributed by atoms with E-state index in [0.717, 1.165) is 68.9 Å². The first-order chi connectivity index (χ1) is 11.8. The van der Waals surface area contributed by atoms with Crippen LogP contribution in [0.5, 0.6) is 0 Å². The van der Waals surface area contributed by atoms with Crippen LogP contribution < -0.4 is 10.6 Å². The molecule has 0 amide bonds. The summed E-state index contributed by atoms with van der Waals surface area (Å²) in [4.78, 5) is 7.10. The second-order valence-electron chi connectivity index (χ2n) is 5.91. The van der Waals surface area contributed by atoms with E-state index in [-0.39, 0.29) is 24.0 Å². The average molecular weight is 481 g/mol. The molecule has 1 aromatic rings. The number of nitrogens with one attached hydrogen (secondary N) is 2. The van der Waals surface area contributed by atoms with Crippen molar-refractivity contribution < 1.29 is 4.74 Å². The average Bonchev–Trinajstić information content (AvgIpc) is 2.60. The Labute approximate surface area is 173 Å². The summed E-state index contributed by atoms with van der Waals surface area (Å²) >= 11 is 6.01. The lowest BCUT2D eigenvalue weighted by Crippen LogP contribution is -2.39. The van der Waals surface area contributed by atoms with Crippen LogP contribution in [0.4, 0.5) is 0 Å². The number of ether oxygens (including phenoxy) is 1. The summed E-state index contributed by atoms with van der Waals surface area (Å²) < 4.78 is 5.37. The molecule has 0 aromatic heterocycles. The third-order valence-corrected chi connectivity index (χ3v) is 4.19. The maximum Gasteiger partial charge on any atom is 0.191 e. The lowest BCUT2D eigenvalue weighted by molar-refractivity contribution is 0.0372. The highest BCUT2D eigenvalue weighted by Crippen LogP contribution is 2.11. The zero-order valence-corrected chi connectivity index (χ0v) is 18.1. The predicted octanol–water partition coefficient (Wildman–Crippen LogP) is 3.13. The SMILES string of the molecule is CCNC(=NCc1cccc(Cl)c1)NCCCCN1CCOCC1.I. The summed E-state index contributed by atoms with van der Waals surface area (Å²) in [5, 5.41) is 7.45. The Morgan fingerprint density at radius 2 is 2.04 bits per heavy atom. The number of rotatable bonds is 8. The van der Waals surface area contributed by atoms with Crippen LogP contribution in [0.3, 0.4) is 0 Å². The van der Waals surface area contributed by atoms with Gasteiger partial charge in [-0.25, -0.2) is 4.99 Å². The van der Waals surface area contributed by atoms with Crippen molar-refractivity contribution in [2.24, 2.45) is 4.99 Å². The van der Waals surface area contributed by atoms with Gasteiger partial charge in [0.1, 0.15) is 0 Å². The van der Waals surface area contributed by atoms with Crippen LogP contribution in [0.15, 0.2) is 29.3 Å². The van der Waals surface area contributed by atoms with E-state index in [2.05, 4.69) is 27.4 Å². The third kappa shape index (κ3) is 9.63. The highest BCUT2D eigenvalue weighted by atomic mass is 127. The fourth-order valence-corrected chi connectivity index (χ4v) is 2.85. The van der Waals surface area contributed by atoms with Crippen molar-refractivity contribution in [1.82, 2.24) is 15.5 Å². The smallest absolute Gasteiger partial charge is 0.191 e. The normalized spacial score (nSPS) is 15.5. The number of aliphatic imine (C=N–C) groups is 1. The molecule has 1 aliphatic heterocycles. The lowest BCUT2D eigenvalue weighted by Gasteiger charge is -2.26. The van der Waals surface area contributed by atoms with Gasteiger partial charge in [0.05, 0.1) is 19.8 Å². The molecule has 7 heteroatoms. The van der Waals surface area contributed by atoms with Crippen LogP contribution >= 0.6 is 35.6 Å². The van der Waals surface area contributed by atoms with E-state index in [4.69, 9.17) is 16.3 Å². The molecule has 142 valence electrons. The van der Waals surface area contributed by atoms with E-state index in [1.165, 1.54) is 6.42 Å². The molecular formula is C18H30ClIN4O. The number of morpholine rings is 1. The van der Waals surface area contributed by atoms with Gasteiger partial charge < -0.3 is 15.4 Å². The minimum atomic E-state index is 0. The molecule has 2 N–H and O–H groups in total. The van der Waals surface area contributed by atoms with E-state index in [1.54, 1.807) is 0 Å². The molecule has 25 heavy (non-hydrogen) atoms. The van der Waals surface area contributed by atoms with Crippen molar-refractivity contribution in [2.45, 2.75) is 26.3 Å². The van der Waals surface area contributed by atoms with Gasteiger partial charge in [-0.15, -0.1) is 24.0 Å². The van der Waals surface area contributed by atoms with Crippen molar-refractivity contribution in [3.63, 3.8) is 0 Å². The molecule has 1 heterocycles. The van der Waals surface area contributed by atoms with Crippen molar-refractivity contribution in [1.29, 1.82) is 0 Å². The summed E-state index contributed by atoms with van der Waals surface area (Å²) in [5.74, 6) is 0.865. The van der Waals surface area contributed by atoms with Crippen molar-refractivity contribution in [3.8, 4) is 0 Å². The molecule has 0 unspecified atom stereocenters. The van der Waals surface area contributed by atoms with E-state index >= 15 is 0 Å². The minimum Gasteiger partial charge on any atom is -0.379 e. The number of halogens is 2. The molecule has 1 aromatic carbocycles. The topological polar surface area (TPSA) is 48.9 Å². The van der Waals surface area contributed by atoms with Crippen LogP contribution in [0.1, 0.15) is 25.3 Å². The van der Waals surface area contributed by atoms with Crippen LogP contribution in [0.25, 0.3) is 0 Å². The zero-order valence-electron chi connectivity index (χ0n) is 15.0. The second kappa shape index (κ2) is 13.6. The Morgan fingerprint density at radius 1 is 1.24 bits per heavy atom. The third-order valence-electron chi connectivity index (χ3n) is 3.95. The summed E-state index contributed by atoms with van der Waals surface area (Å²) in [6.45, 7) is 9.53. The van der Waals surface area contributed by atoms with Crippen LogP contribution in [0.2, 0.25) is 5.02 Å². The fraction of sp³-hybridized carbons (Fsp3) is 0.611. The highest BCUT2D eigenvalue weighted by Gasteiger charge is 2.09. The first kappa shape index (κ1) is 22.5. The molecule has 0 spiro atoms. The Hall–Kier alpha value is -0.570. The van der Waals surface area contributed by atoms with Crippen LogP contribution in [0, 0.1) is 0 Å². The van der Waals surface area contributed by atoms with E-state index in [0.29, 0.717) is 6.54 Å². The molecule has 0 atom stereocenters. The molecule has 1 fully saturated rings. The van der Waals surface area contributed by atoms with Gasteiger partial charge in [-0.05, 0) is 44.0 Å². The molecule has 1 saturated heterocycles. The molecular weight excluding hydrogens is 451 g/mol. The summed E-state index contributed by atoms with van der Waals surface area (Å²) in [7, 11) is 0. The highest BCUT2D eigenvalue weighted by molar-refractivity contribution is 14.0. The molecule has 0 saturated carbocycles. The van der Waals surface area contributed by atoms with Gasteiger partial charge in [-0.1, -0.05) is 23.7 Å². The molecule has 5 nitrogen and oxygen atoms in total. The van der Waals surface area contributed by atoms with Crippen LogP contribution in [-0.4, -0.2) is 56.8 Å². The Balaban J connectivity index is 0.00000312. The Kier molecular flexibility index (Phi) is 12.2. The monoisotopic (exact) mass is 480 g/mol. The Bertz CT molecular complexity index is 510. The molecule has 0 bridgehead atoms. The number of nitrogens with zero attached hydrogens (tertiary/aromatic N) is 2. The summed E-state index contributed by atoms with van der Waals surface area (Å²) in [6, 6.07) is 7.84. The number of hydrogen-bond acceptors (Lipinski definition) is 3. The van der Waals surface area contributed by atoms with Gasteiger partial charge in [0, 0.05) is 31.2 Å². The molecule has 0 aliphatic carbocycles. The quantitative estimate of drug-likeness (QED) is 0.260. The minimum absolute atomic E-state index is 0. The van der Waals surface area contributed by atoms with Gasteiger partial charge in [-0.2, -0.15) is 0 Å². The molecule has 0 radical (unpaired) electrons. The van der Waals surface area contributed by atoms with E-state index in [9.17, 15) is 0 Å². The maximum absolute atomic E-state index is 6.01. The zero-order chi connectivity index (χ0) is 17.0. The van der Waals surface area contributed by atoms with E-state index < -0.39 is 0 Å². The maximum atomic E-state index is 6.01. The largest absolute Gasteiger partial charge is 0.379 e. The molecule has 1 aliphatic rings. The van der Waals surface area contributed by atoms with Gasteiger partial charge in [0.25, 0.3) is 0 Å². The predicted molar refractivity (Wildman–Crippen MR) is 116 cm³/mol. The van der Waals surface area contributed by atoms with Gasteiger partial charge in [0.2, 0.25) is 0 Å². The van der Waals surface area contributed by atoms with Crippen LogP contribution in [-0.2, 0) is 11.3 Å². The standard InChI is InChI=1S/C18H29ClN4O.HI/c1-2-20-18(22-15-16-6-5-7-17(19)14-16)21-8-3-4-9-23-10-12-24-13-11-23;/h5-7,14H,2-4,8-13,15H2,1H3,(H2,20,21,22);1H. The number of benzene rings is 1. The second-order valence-corrected chi connectivity index (χ2v) is 6.35. The van der Waals surface area contributed by atoms with E-state index in [1.807, 2.05) is 24.3 Å². The Morgan fingerprint density at radius 3 is 2.76 bits per heavy atom. The summed E-state index contributed by atoms with van der Waals surface area (Å²) in [5.41, 5.74) is 1.12. The fourth-order valence-electron chi connectivity index (χ4n) is 2.64. The number of guanidine groups is 1. The van der Waals surface area contributed by atoms with Gasteiger partial charge in [0.15, 0.2) is 5.96 Å². The van der Waals surface area contributed by atoms with Gasteiger partial charge in [-0.3, -0.25) is 4.90 Å². The first-order valence-corrected chi connectivity index (χ1v) is 9.22. The summed E-state index contributed by atoms with van der Waals surface area (Å²) in [6.07, 6.45) is 2.33. The lowest BCUT2D eigenvalue weighted by atomic mass is 10.2. The van der Waals surface area contributed by atoms with Crippen molar-refractivity contribution in [3.05, 3.63) is 34.9 Å². The number of hydrogen-bond donors (Lipinski definition) is 2.